The first kappa shape index (κ1) is 12.5. The van der Waals surface area contributed by atoms with Gasteiger partial charge < -0.3 is 5.73 Å². The molecule has 1 aromatic heterocycles. The van der Waals surface area contributed by atoms with Gasteiger partial charge in [0.15, 0.2) is 0 Å². The summed E-state index contributed by atoms with van der Waals surface area (Å²) >= 11 is 1.75. The highest BCUT2D eigenvalue weighted by molar-refractivity contribution is 7.99. The van der Waals surface area contributed by atoms with E-state index in [1.807, 2.05) is 19.9 Å². The first-order chi connectivity index (χ1) is 6.89. The van der Waals surface area contributed by atoms with Crippen molar-refractivity contribution in [2.45, 2.75) is 38.3 Å². The van der Waals surface area contributed by atoms with E-state index in [9.17, 15) is 0 Å². The minimum absolute atomic E-state index is 0.393. The van der Waals surface area contributed by atoms with E-state index < -0.39 is 5.54 Å². The summed E-state index contributed by atoms with van der Waals surface area (Å²) < 4.78 is 0. The molecule has 15 heavy (non-hydrogen) atoms. The van der Waals surface area contributed by atoms with E-state index in [0.717, 1.165) is 16.5 Å². The van der Waals surface area contributed by atoms with Gasteiger partial charge in [-0.2, -0.15) is 0 Å². The van der Waals surface area contributed by atoms with E-state index in [2.05, 4.69) is 23.8 Å². The van der Waals surface area contributed by atoms with Crippen LogP contribution in [0.25, 0.3) is 0 Å². The Morgan fingerprint density at radius 2 is 2.07 bits per heavy atom. The van der Waals surface area contributed by atoms with Gasteiger partial charge in [0.25, 0.3) is 0 Å². The molecule has 2 N–H and O–H groups in total. The monoisotopic (exact) mass is 225 g/mol. The second kappa shape index (κ2) is 4.94. The molecule has 0 aliphatic rings. The third-order valence-corrected chi connectivity index (χ3v) is 3.22. The largest absolute Gasteiger partial charge is 0.321 e. The third-order valence-electron chi connectivity index (χ3n) is 1.87. The molecule has 0 bridgehead atoms. The maximum Gasteiger partial charge on any atom is 0.117 e. The zero-order valence-electron chi connectivity index (χ0n) is 9.82. The minimum atomic E-state index is -0.393. The van der Waals surface area contributed by atoms with Crippen LogP contribution in [0.2, 0.25) is 0 Å². The zero-order chi connectivity index (χ0) is 11.5. The van der Waals surface area contributed by atoms with Gasteiger partial charge in [-0.15, -0.1) is 11.8 Å². The molecular weight excluding hydrogens is 206 g/mol. The van der Waals surface area contributed by atoms with Crippen molar-refractivity contribution in [3.8, 4) is 0 Å². The molecule has 0 aromatic carbocycles. The van der Waals surface area contributed by atoms with E-state index in [1.165, 1.54) is 0 Å². The Morgan fingerprint density at radius 1 is 1.40 bits per heavy atom. The number of nitrogens with two attached hydrogens (primary N) is 1. The molecule has 4 heteroatoms. The predicted octanol–water partition coefficient (Wildman–Crippen LogP) is 2.42. The molecule has 0 fully saturated rings. The highest BCUT2D eigenvalue weighted by Gasteiger charge is 2.16. The molecule has 0 unspecified atom stereocenters. The van der Waals surface area contributed by atoms with E-state index in [-0.39, 0.29) is 0 Å². The maximum atomic E-state index is 5.98. The van der Waals surface area contributed by atoms with Crippen LogP contribution in [0.3, 0.4) is 0 Å². The standard InChI is InChI=1S/C11H19N3S/c1-8(2)6-15-10-5-9(11(3,4)12)13-7-14-10/h5,7-8H,6,12H2,1-4H3. The smallest absolute Gasteiger partial charge is 0.117 e. The number of rotatable bonds is 4. The molecule has 1 aromatic rings. The fourth-order valence-electron chi connectivity index (χ4n) is 1.02. The molecule has 0 amide bonds. The highest BCUT2D eigenvalue weighted by atomic mass is 32.2. The highest BCUT2D eigenvalue weighted by Crippen LogP contribution is 2.21. The maximum absolute atomic E-state index is 5.98. The molecule has 1 heterocycles. The summed E-state index contributed by atoms with van der Waals surface area (Å²) in [6.07, 6.45) is 1.59. The summed E-state index contributed by atoms with van der Waals surface area (Å²) in [5.74, 6) is 1.74. The second-order valence-corrected chi connectivity index (χ2v) is 5.71. The molecule has 0 atom stereocenters. The second-order valence-electron chi connectivity index (χ2n) is 4.67. The molecule has 84 valence electrons. The summed E-state index contributed by atoms with van der Waals surface area (Å²) in [4.78, 5) is 8.41. The van der Waals surface area contributed by atoms with Crippen LogP contribution in [0.5, 0.6) is 0 Å². The lowest BCUT2D eigenvalue weighted by atomic mass is 10.0. The first-order valence-corrected chi connectivity index (χ1v) is 6.12. The van der Waals surface area contributed by atoms with Gasteiger partial charge in [-0.3, -0.25) is 0 Å². The SMILES string of the molecule is CC(C)CSc1cc(C(C)(C)N)ncn1. The Hall–Kier alpha value is -0.610. The molecule has 3 nitrogen and oxygen atoms in total. The predicted molar refractivity (Wildman–Crippen MR) is 64.8 cm³/mol. The number of hydrogen-bond donors (Lipinski definition) is 1. The van der Waals surface area contributed by atoms with Gasteiger partial charge in [0.1, 0.15) is 6.33 Å². The Balaban J connectivity index is 2.75. The lowest BCUT2D eigenvalue weighted by molar-refractivity contribution is 0.530. The Labute approximate surface area is 95.9 Å². The third kappa shape index (κ3) is 4.18. The van der Waals surface area contributed by atoms with Crippen molar-refractivity contribution in [1.29, 1.82) is 0 Å². The van der Waals surface area contributed by atoms with Crippen molar-refractivity contribution in [3.05, 3.63) is 18.1 Å². The van der Waals surface area contributed by atoms with Crippen molar-refractivity contribution in [2.24, 2.45) is 11.7 Å². The topological polar surface area (TPSA) is 51.8 Å². The van der Waals surface area contributed by atoms with Crippen LogP contribution in [0, 0.1) is 5.92 Å². The molecular formula is C11H19N3S. The fourth-order valence-corrected chi connectivity index (χ4v) is 1.84. The Kier molecular flexibility index (Phi) is 4.11. The summed E-state index contributed by atoms with van der Waals surface area (Å²) in [5.41, 5.74) is 6.48. The Morgan fingerprint density at radius 3 is 2.60 bits per heavy atom. The molecule has 1 rings (SSSR count). The van der Waals surface area contributed by atoms with E-state index in [0.29, 0.717) is 5.92 Å². The number of aromatic nitrogens is 2. The van der Waals surface area contributed by atoms with Crippen LogP contribution in [0.4, 0.5) is 0 Å². The number of thioether (sulfide) groups is 1. The first-order valence-electron chi connectivity index (χ1n) is 5.14. The van der Waals surface area contributed by atoms with Crippen LogP contribution in [0.1, 0.15) is 33.4 Å². The van der Waals surface area contributed by atoms with Gasteiger partial charge in [0.05, 0.1) is 16.3 Å². The van der Waals surface area contributed by atoms with Gasteiger partial charge in [0.2, 0.25) is 0 Å². The van der Waals surface area contributed by atoms with Gasteiger partial charge in [-0.25, -0.2) is 9.97 Å². The van der Waals surface area contributed by atoms with E-state index in [4.69, 9.17) is 5.73 Å². The zero-order valence-corrected chi connectivity index (χ0v) is 10.6. The fraction of sp³-hybridized carbons (Fsp3) is 0.636. The van der Waals surface area contributed by atoms with Crippen LogP contribution < -0.4 is 5.73 Å². The van der Waals surface area contributed by atoms with Crippen LogP contribution in [-0.2, 0) is 5.54 Å². The summed E-state index contributed by atoms with van der Waals surface area (Å²) in [5, 5.41) is 1.01. The molecule has 0 radical (unpaired) electrons. The molecule has 0 aliphatic carbocycles. The van der Waals surface area contributed by atoms with Gasteiger partial charge in [-0.05, 0) is 25.8 Å². The Bertz CT molecular complexity index is 318. The average Bonchev–Trinajstić information content (AvgIpc) is 2.14. The van der Waals surface area contributed by atoms with Crippen LogP contribution in [0.15, 0.2) is 17.4 Å². The molecule has 0 spiro atoms. The van der Waals surface area contributed by atoms with Crippen molar-refractivity contribution in [1.82, 2.24) is 9.97 Å². The lowest BCUT2D eigenvalue weighted by Crippen LogP contribution is -2.29. The van der Waals surface area contributed by atoms with Crippen molar-refractivity contribution in [3.63, 3.8) is 0 Å². The average molecular weight is 225 g/mol. The van der Waals surface area contributed by atoms with Crippen molar-refractivity contribution >= 4 is 11.8 Å². The van der Waals surface area contributed by atoms with Gasteiger partial charge in [-0.1, -0.05) is 13.8 Å². The van der Waals surface area contributed by atoms with Gasteiger partial charge in [0, 0.05) is 5.75 Å². The normalized spacial score (nSPS) is 12.1. The summed E-state index contributed by atoms with van der Waals surface area (Å²) in [6.45, 7) is 8.29. The van der Waals surface area contributed by atoms with Crippen LogP contribution in [-0.4, -0.2) is 15.7 Å². The molecule has 0 saturated carbocycles. The lowest BCUT2D eigenvalue weighted by Gasteiger charge is -2.17. The summed E-state index contributed by atoms with van der Waals surface area (Å²) in [7, 11) is 0. The van der Waals surface area contributed by atoms with Gasteiger partial charge >= 0.3 is 0 Å². The van der Waals surface area contributed by atoms with E-state index >= 15 is 0 Å². The molecule has 0 saturated heterocycles. The quantitative estimate of drug-likeness (QED) is 0.631. The number of hydrogen-bond acceptors (Lipinski definition) is 4. The van der Waals surface area contributed by atoms with Crippen LogP contribution >= 0.6 is 11.8 Å². The number of nitrogens with zero attached hydrogens (tertiary/aromatic N) is 2. The minimum Gasteiger partial charge on any atom is -0.321 e. The van der Waals surface area contributed by atoms with Crippen molar-refractivity contribution in [2.75, 3.05) is 5.75 Å². The molecule has 0 aliphatic heterocycles. The summed E-state index contributed by atoms with van der Waals surface area (Å²) in [6, 6.07) is 1.98. The van der Waals surface area contributed by atoms with Crippen molar-refractivity contribution < 1.29 is 0 Å². The van der Waals surface area contributed by atoms with E-state index in [1.54, 1.807) is 18.1 Å².